The van der Waals surface area contributed by atoms with Crippen molar-refractivity contribution < 1.29 is 19.0 Å². The highest BCUT2D eigenvalue weighted by molar-refractivity contribution is 5.97. The molecular formula is C19H22N2O4. The average molecular weight is 342 g/mol. The molecule has 0 saturated carbocycles. The highest BCUT2D eigenvalue weighted by Crippen LogP contribution is 2.28. The van der Waals surface area contributed by atoms with Crippen molar-refractivity contribution in [1.82, 2.24) is 10.9 Å². The highest BCUT2D eigenvalue weighted by atomic mass is 16.5. The molecule has 0 heterocycles. The van der Waals surface area contributed by atoms with Crippen molar-refractivity contribution in [2.24, 2.45) is 0 Å². The monoisotopic (exact) mass is 342 g/mol. The van der Waals surface area contributed by atoms with E-state index in [1.807, 2.05) is 13.0 Å². The molecule has 0 fully saturated rings. The zero-order valence-corrected chi connectivity index (χ0v) is 14.6. The zero-order valence-electron chi connectivity index (χ0n) is 14.6. The van der Waals surface area contributed by atoms with Gasteiger partial charge in [0, 0.05) is 11.6 Å². The van der Waals surface area contributed by atoms with E-state index in [0.717, 1.165) is 0 Å². The molecule has 0 aliphatic heterocycles. The Bertz CT molecular complexity index is 759. The van der Waals surface area contributed by atoms with E-state index in [1.165, 1.54) is 0 Å². The van der Waals surface area contributed by atoms with Crippen molar-refractivity contribution in [3.8, 4) is 17.2 Å². The third kappa shape index (κ3) is 4.44. The molecule has 0 aliphatic rings. The van der Waals surface area contributed by atoms with E-state index in [1.54, 1.807) is 50.6 Å². The van der Waals surface area contributed by atoms with Crippen molar-refractivity contribution in [1.29, 1.82) is 0 Å². The third-order valence-corrected chi connectivity index (χ3v) is 3.49. The minimum Gasteiger partial charge on any atom is -0.497 e. The molecule has 0 unspecified atom stereocenters. The highest BCUT2D eigenvalue weighted by Gasteiger charge is 2.13. The molecule has 2 aromatic carbocycles. The van der Waals surface area contributed by atoms with Crippen molar-refractivity contribution in [3.63, 3.8) is 0 Å². The molecule has 1 amide bonds. The number of hydrogen-bond donors (Lipinski definition) is 2. The Kier molecular flexibility index (Phi) is 6.28. The summed E-state index contributed by atoms with van der Waals surface area (Å²) in [4.78, 5) is 12.4. The van der Waals surface area contributed by atoms with Crippen LogP contribution < -0.4 is 25.1 Å². The molecule has 2 N–H and O–H groups in total. The Hall–Kier alpha value is -3.15. The number of hydrazine groups is 1. The molecule has 0 aromatic heterocycles. The predicted octanol–water partition coefficient (Wildman–Crippen LogP) is 3.01. The Labute approximate surface area is 147 Å². The Morgan fingerprint density at radius 1 is 1.00 bits per heavy atom. The summed E-state index contributed by atoms with van der Waals surface area (Å²) in [5.74, 6) is 1.46. The SMILES string of the molecule is C=C(NNC(=O)c1ccccc1OCC)c1ccc(OC)cc1OC. The number of para-hydroxylation sites is 1. The zero-order chi connectivity index (χ0) is 18.2. The van der Waals surface area contributed by atoms with Gasteiger partial charge in [-0.05, 0) is 31.2 Å². The van der Waals surface area contributed by atoms with Gasteiger partial charge in [0.2, 0.25) is 0 Å². The number of hydrogen-bond acceptors (Lipinski definition) is 5. The van der Waals surface area contributed by atoms with Crippen LogP contribution in [0.3, 0.4) is 0 Å². The number of methoxy groups -OCH3 is 2. The van der Waals surface area contributed by atoms with Gasteiger partial charge in [-0.2, -0.15) is 0 Å². The van der Waals surface area contributed by atoms with Gasteiger partial charge >= 0.3 is 0 Å². The topological polar surface area (TPSA) is 68.8 Å². The number of carbonyl (C=O) groups is 1. The van der Waals surface area contributed by atoms with Crippen LogP contribution in [0.2, 0.25) is 0 Å². The van der Waals surface area contributed by atoms with Gasteiger partial charge in [0.15, 0.2) is 0 Å². The standard InChI is InChI=1S/C19H22N2O4/c1-5-25-17-9-7-6-8-16(17)19(22)21-20-13(2)15-11-10-14(23-3)12-18(15)24-4/h6-12,20H,2,5H2,1,3-4H3,(H,21,22). The number of amides is 1. The average Bonchev–Trinajstić information content (AvgIpc) is 2.65. The molecule has 2 rings (SSSR count). The van der Waals surface area contributed by atoms with E-state index < -0.39 is 0 Å². The minimum atomic E-state index is -0.322. The van der Waals surface area contributed by atoms with Gasteiger partial charge in [-0.3, -0.25) is 15.6 Å². The van der Waals surface area contributed by atoms with Gasteiger partial charge in [0.1, 0.15) is 17.2 Å². The van der Waals surface area contributed by atoms with E-state index in [9.17, 15) is 4.79 Å². The second-order valence-corrected chi connectivity index (χ2v) is 5.05. The summed E-state index contributed by atoms with van der Waals surface area (Å²) in [6.45, 7) is 6.28. The molecule has 132 valence electrons. The normalized spacial score (nSPS) is 9.88. The van der Waals surface area contributed by atoms with Crippen LogP contribution in [0.15, 0.2) is 49.0 Å². The van der Waals surface area contributed by atoms with Crippen LogP contribution >= 0.6 is 0 Å². The van der Waals surface area contributed by atoms with Crippen LogP contribution in [0.4, 0.5) is 0 Å². The quantitative estimate of drug-likeness (QED) is 0.722. The smallest absolute Gasteiger partial charge is 0.273 e. The summed E-state index contributed by atoms with van der Waals surface area (Å²) in [6, 6.07) is 12.4. The van der Waals surface area contributed by atoms with Crippen LogP contribution in [-0.4, -0.2) is 26.7 Å². The van der Waals surface area contributed by atoms with Gasteiger partial charge < -0.3 is 14.2 Å². The number of benzene rings is 2. The largest absolute Gasteiger partial charge is 0.497 e. The van der Waals surface area contributed by atoms with Gasteiger partial charge in [-0.25, -0.2) is 0 Å². The van der Waals surface area contributed by atoms with Crippen LogP contribution in [0.25, 0.3) is 5.70 Å². The second kappa shape index (κ2) is 8.63. The van der Waals surface area contributed by atoms with Crippen LogP contribution in [0, 0.1) is 0 Å². The fraction of sp³-hybridized carbons (Fsp3) is 0.211. The van der Waals surface area contributed by atoms with Crippen molar-refractivity contribution in [2.45, 2.75) is 6.92 Å². The maximum Gasteiger partial charge on any atom is 0.273 e. The maximum atomic E-state index is 12.4. The summed E-state index contributed by atoms with van der Waals surface area (Å²) in [6.07, 6.45) is 0. The van der Waals surface area contributed by atoms with E-state index in [2.05, 4.69) is 17.4 Å². The van der Waals surface area contributed by atoms with E-state index >= 15 is 0 Å². The van der Waals surface area contributed by atoms with Gasteiger partial charge in [-0.1, -0.05) is 18.7 Å². The summed E-state index contributed by atoms with van der Waals surface area (Å²) < 4.78 is 16.0. The predicted molar refractivity (Wildman–Crippen MR) is 96.8 cm³/mol. The van der Waals surface area contributed by atoms with Gasteiger partial charge in [-0.15, -0.1) is 0 Å². The van der Waals surface area contributed by atoms with Crippen LogP contribution in [-0.2, 0) is 0 Å². The van der Waals surface area contributed by atoms with E-state index in [-0.39, 0.29) is 5.91 Å². The van der Waals surface area contributed by atoms with Gasteiger partial charge in [0.25, 0.3) is 5.91 Å². The van der Waals surface area contributed by atoms with E-state index in [4.69, 9.17) is 14.2 Å². The molecular weight excluding hydrogens is 320 g/mol. The second-order valence-electron chi connectivity index (χ2n) is 5.05. The lowest BCUT2D eigenvalue weighted by Gasteiger charge is -2.16. The van der Waals surface area contributed by atoms with Crippen molar-refractivity contribution in [3.05, 3.63) is 60.2 Å². The lowest BCUT2D eigenvalue weighted by atomic mass is 10.1. The summed E-state index contributed by atoms with van der Waals surface area (Å²) in [5, 5.41) is 0. The maximum absolute atomic E-state index is 12.4. The number of rotatable bonds is 8. The first kappa shape index (κ1) is 18.2. The first-order valence-electron chi connectivity index (χ1n) is 7.80. The van der Waals surface area contributed by atoms with E-state index in [0.29, 0.717) is 40.7 Å². The van der Waals surface area contributed by atoms with Crippen molar-refractivity contribution in [2.75, 3.05) is 20.8 Å². The summed E-state index contributed by atoms with van der Waals surface area (Å²) in [5.41, 5.74) is 7.06. The lowest BCUT2D eigenvalue weighted by molar-refractivity contribution is 0.0938. The van der Waals surface area contributed by atoms with Crippen LogP contribution in [0.5, 0.6) is 17.2 Å². The fourth-order valence-electron chi connectivity index (χ4n) is 2.25. The Morgan fingerprint density at radius 3 is 2.44 bits per heavy atom. The number of carbonyl (C=O) groups excluding carboxylic acids is 1. The lowest BCUT2D eigenvalue weighted by Crippen LogP contribution is -2.36. The molecule has 0 atom stereocenters. The summed E-state index contributed by atoms with van der Waals surface area (Å²) >= 11 is 0. The first-order valence-corrected chi connectivity index (χ1v) is 7.80. The minimum absolute atomic E-state index is 0.322. The molecule has 0 saturated heterocycles. The molecule has 0 radical (unpaired) electrons. The van der Waals surface area contributed by atoms with Gasteiger partial charge in [0.05, 0.1) is 32.1 Å². The number of ether oxygens (including phenoxy) is 3. The molecule has 0 bridgehead atoms. The Balaban J connectivity index is 2.09. The Morgan fingerprint density at radius 2 is 1.76 bits per heavy atom. The third-order valence-electron chi connectivity index (χ3n) is 3.49. The molecule has 25 heavy (non-hydrogen) atoms. The molecule has 0 aliphatic carbocycles. The fourth-order valence-corrected chi connectivity index (χ4v) is 2.25. The molecule has 2 aromatic rings. The number of nitrogens with one attached hydrogen (secondary N) is 2. The molecule has 6 nitrogen and oxygen atoms in total. The van der Waals surface area contributed by atoms with Crippen LogP contribution in [0.1, 0.15) is 22.8 Å². The summed E-state index contributed by atoms with van der Waals surface area (Å²) in [7, 11) is 3.14. The first-order chi connectivity index (χ1) is 12.1. The molecule has 6 heteroatoms. The molecule has 0 spiro atoms. The van der Waals surface area contributed by atoms with Crippen molar-refractivity contribution >= 4 is 11.6 Å².